The molecule has 0 spiro atoms. The molecular formula is C23H27N3O3S2. The van der Waals surface area contributed by atoms with Gasteiger partial charge in [0.15, 0.2) is 4.80 Å². The third-order valence-corrected chi connectivity index (χ3v) is 8.20. The Morgan fingerprint density at radius 2 is 1.71 bits per heavy atom. The van der Waals surface area contributed by atoms with E-state index in [9.17, 15) is 8.42 Å². The molecule has 4 rings (SSSR count). The van der Waals surface area contributed by atoms with Crippen LogP contribution in [0.15, 0.2) is 63.8 Å². The van der Waals surface area contributed by atoms with Gasteiger partial charge in [-0.15, -0.1) is 11.3 Å². The summed E-state index contributed by atoms with van der Waals surface area (Å²) >= 11 is 1.56. The Bertz CT molecular complexity index is 1190. The Morgan fingerprint density at radius 1 is 1.03 bits per heavy atom. The summed E-state index contributed by atoms with van der Waals surface area (Å²) in [5.74, 6) is 0. The molecule has 3 aromatic rings. The molecule has 1 fully saturated rings. The van der Waals surface area contributed by atoms with Gasteiger partial charge in [0.2, 0.25) is 10.0 Å². The van der Waals surface area contributed by atoms with Crippen LogP contribution in [0, 0.1) is 6.92 Å². The first-order chi connectivity index (χ1) is 15.0. The first kappa shape index (κ1) is 22.0. The molecule has 1 aliphatic heterocycles. The number of sulfonamides is 1. The molecule has 31 heavy (non-hydrogen) atoms. The van der Waals surface area contributed by atoms with Crippen LogP contribution >= 0.6 is 11.3 Å². The number of ether oxygens (including phenoxy) is 1. The Kier molecular flexibility index (Phi) is 6.71. The number of aromatic nitrogens is 1. The molecule has 0 atom stereocenters. The second kappa shape index (κ2) is 9.48. The minimum Gasteiger partial charge on any atom is -0.383 e. The number of thiazole rings is 1. The molecule has 1 aromatic heterocycles. The third-order valence-electron chi connectivity index (χ3n) is 5.43. The quantitative estimate of drug-likeness (QED) is 0.534. The molecule has 0 radical (unpaired) electrons. The second-order valence-corrected chi connectivity index (χ2v) is 10.4. The van der Waals surface area contributed by atoms with Crippen LogP contribution in [0.2, 0.25) is 0 Å². The zero-order valence-electron chi connectivity index (χ0n) is 17.8. The van der Waals surface area contributed by atoms with E-state index in [1.165, 1.54) is 5.56 Å². The fraction of sp³-hybridized carbons (Fsp3) is 0.348. The van der Waals surface area contributed by atoms with Crippen LogP contribution in [0.1, 0.15) is 18.4 Å². The summed E-state index contributed by atoms with van der Waals surface area (Å²) < 4.78 is 34.6. The highest BCUT2D eigenvalue weighted by Gasteiger charge is 2.27. The Morgan fingerprint density at radius 3 is 2.35 bits per heavy atom. The monoisotopic (exact) mass is 457 g/mol. The van der Waals surface area contributed by atoms with Crippen molar-refractivity contribution in [2.45, 2.75) is 31.2 Å². The zero-order chi connectivity index (χ0) is 21.8. The lowest BCUT2D eigenvalue weighted by Gasteiger charge is -2.16. The topological polar surface area (TPSA) is 63.9 Å². The summed E-state index contributed by atoms with van der Waals surface area (Å²) in [5.41, 5.74) is 4.05. The van der Waals surface area contributed by atoms with Gasteiger partial charge in [0.1, 0.15) is 0 Å². The molecule has 0 bridgehead atoms. The van der Waals surface area contributed by atoms with E-state index >= 15 is 0 Å². The molecule has 1 aliphatic rings. The Labute approximate surface area is 187 Å². The van der Waals surface area contributed by atoms with Crippen molar-refractivity contribution in [3.05, 3.63) is 64.3 Å². The van der Waals surface area contributed by atoms with Crippen molar-refractivity contribution in [3.8, 4) is 11.3 Å². The Hall–Kier alpha value is -2.26. The Balaban J connectivity index is 1.69. The molecule has 0 aliphatic carbocycles. The largest absolute Gasteiger partial charge is 0.383 e. The summed E-state index contributed by atoms with van der Waals surface area (Å²) in [7, 11) is -1.73. The van der Waals surface area contributed by atoms with Gasteiger partial charge < -0.3 is 9.30 Å². The van der Waals surface area contributed by atoms with Crippen molar-refractivity contribution in [3.63, 3.8) is 0 Å². The molecular weight excluding hydrogens is 430 g/mol. The maximum atomic E-state index is 12.8. The molecule has 0 amide bonds. The highest BCUT2D eigenvalue weighted by Crippen LogP contribution is 2.26. The summed E-state index contributed by atoms with van der Waals surface area (Å²) in [5, 5.41) is 2.06. The van der Waals surface area contributed by atoms with Gasteiger partial charge in [0, 0.05) is 32.1 Å². The SMILES string of the molecule is COCCn1c(-c2ccc(S(=O)(=O)N3CCCC3)cc2)csc1=Nc1ccc(C)cc1. The first-order valence-electron chi connectivity index (χ1n) is 10.4. The molecule has 1 saturated heterocycles. The fourth-order valence-corrected chi connectivity index (χ4v) is 6.13. The van der Waals surface area contributed by atoms with Gasteiger partial charge in [-0.3, -0.25) is 0 Å². The van der Waals surface area contributed by atoms with E-state index in [2.05, 4.69) is 16.9 Å². The highest BCUT2D eigenvalue weighted by atomic mass is 32.2. The lowest BCUT2D eigenvalue weighted by molar-refractivity contribution is 0.187. The van der Waals surface area contributed by atoms with E-state index in [0.717, 1.165) is 34.6 Å². The molecule has 2 heterocycles. The van der Waals surface area contributed by atoms with Gasteiger partial charge in [0.25, 0.3) is 0 Å². The number of hydrogen-bond acceptors (Lipinski definition) is 5. The van der Waals surface area contributed by atoms with E-state index in [-0.39, 0.29) is 0 Å². The van der Waals surface area contributed by atoms with E-state index in [1.54, 1.807) is 34.9 Å². The molecule has 0 N–H and O–H groups in total. The summed E-state index contributed by atoms with van der Waals surface area (Å²) in [6.07, 6.45) is 1.86. The molecule has 6 nitrogen and oxygen atoms in total. The number of rotatable bonds is 7. The number of aryl methyl sites for hydroxylation is 1. The van der Waals surface area contributed by atoms with E-state index in [4.69, 9.17) is 9.73 Å². The van der Waals surface area contributed by atoms with Crippen molar-refractivity contribution >= 4 is 27.0 Å². The zero-order valence-corrected chi connectivity index (χ0v) is 19.5. The first-order valence-corrected chi connectivity index (χ1v) is 12.7. The lowest BCUT2D eigenvalue weighted by atomic mass is 10.2. The van der Waals surface area contributed by atoms with Crippen molar-refractivity contribution < 1.29 is 13.2 Å². The van der Waals surface area contributed by atoms with Gasteiger partial charge in [-0.25, -0.2) is 13.4 Å². The standard InChI is InChI=1S/C23H27N3O3S2/c1-18-5-9-20(10-6-18)24-23-26(15-16-29-2)22(17-30-23)19-7-11-21(12-8-19)31(27,28)25-13-3-4-14-25/h5-12,17H,3-4,13-16H2,1-2H3. The van der Waals surface area contributed by atoms with Gasteiger partial charge >= 0.3 is 0 Å². The smallest absolute Gasteiger partial charge is 0.243 e. The number of methoxy groups -OCH3 is 1. The molecule has 0 saturated carbocycles. The minimum atomic E-state index is -3.41. The predicted octanol–water partition coefficient (Wildman–Crippen LogP) is 4.19. The number of benzene rings is 2. The number of hydrogen-bond donors (Lipinski definition) is 0. The maximum absolute atomic E-state index is 12.8. The summed E-state index contributed by atoms with van der Waals surface area (Å²) in [6, 6.07) is 15.3. The molecule has 164 valence electrons. The van der Waals surface area contributed by atoms with Crippen LogP contribution in [-0.2, 0) is 21.3 Å². The van der Waals surface area contributed by atoms with Crippen LogP contribution in [0.5, 0.6) is 0 Å². The molecule has 0 unspecified atom stereocenters. The lowest BCUT2D eigenvalue weighted by Crippen LogP contribution is -2.27. The minimum absolute atomic E-state index is 0.349. The van der Waals surface area contributed by atoms with E-state index in [0.29, 0.717) is 31.1 Å². The summed E-state index contributed by atoms with van der Waals surface area (Å²) in [6.45, 7) is 4.49. The van der Waals surface area contributed by atoms with Crippen molar-refractivity contribution in [1.29, 1.82) is 0 Å². The van der Waals surface area contributed by atoms with Gasteiger partial charge in [-0.1, -0.05) is 29.8 Å². The molecule has 8 heteroatoms. The molecule has 2 aromatic carbocycles. The average molecular weight is 458 g/mol. The van der Waals surface area contributed by atoms with Crippen LogP contribution in [0.25, 0.3) is 11.3 Å². The normalized spacial score (nSPS) is 15.6. The van der Waals surface area contributed by atoms with Crippen molar-refractivity contribution in [2.24, 2.45) is 4.99 Å². The van der Waals surface area contributed by atoms with Crippen LogP contribution < -0.4 is 4.80 Å². The fourth-order valence-electron chi connectivity index (χ4n) is 3.65. The third kappa shape index (κ3) is 4.82. The predicted molar refractivity (Wildman–Crippen MR) is 124 cm³/mol. The van der Waals surface area contributed by atoms with Crippen LogP contribution in [0.4, 0.5) is 5.69 Å². The van der Waals surface area contributed by atoms with Gasteiger partial charge in [-0.2, -0.15) is 4.31 Å². The number of nitrogens with zero attached hydrogens (tertiary/aromatic N) is 3. The second-order valence-electron chi connectivity index (χ2n) is 7.63. The van der Waals surface area contributed by atoms with E-state index < -0.39 is 10.0 Å². The van der Waals surface area contributed by atoms with E-state index in [1.807, 2.05) is 36.4 Å². The van der Waals surface area contributed by atoms with Gasteiger partial charge in [-0.05, 0) is 49.6 Å². The summed E-state index contributed by atoms with van der Waals surface area (Å²) in [4.78, 5) is 6.04. The van der Waals surface area contributed by atoms with Crippen LogP contribution in [0.3, 0.4) is 0 Å². The highest BCUT2D eigenvalue weighted by molar-refractivity contribution is 7.89. The van der Waals surface area contributed by atoms with Gasteiger partial charge in [0.05, 0.1) is 22.9 Å². The average Bonchev–Trinajstić information content (AvgIpc) is 3.45. The van der Waals surface area contributed by atoms with Crippen molar-refractivity contribution in [2.75, 3.05) is 26.8 Å². The maximum Gasteiger partial charge on any atom is 0.243 e. The van der Waals surface area contributed by atoms with Crippen LogP contribution in [-0.4, -0.2) is 44.1 Å². The van der Waals surface area contributed by atoms with Crippen molar-refractivity contribution in [1.82, 2.24) is 8.87 Å².